The maximum Gasteiger partial charge on any atom is 0.0234 e. The minimum Gasteiger partial charge on any atom is -0.312 e. The fraction of sp³-hybridized carbons (Fsp3) is 0.647. The molecule has 106 valence electrons. The van der Waals surface area contributed by atoms with Crippen molar-refractivity contribution in [3.63, 3.8) is 0 Å². The number of hydrogen-bond acceptors (Lipinski definition) is 2. The molecule has 2 rings (SSSR count). The van der Waals surface area contributed by atoms with Gasteiger partial charge in [-0.3, -0.25) is 4.90 Å². The summed E-state index contributed by atoms with van der Waals surface area (Å²) in [6.45, 7) is 13.7. The van der Waals surface area contributed by atoms with Gasteiger partial charge in [0.15, 0.2) is 0 Å². The molecule has 1 aliphatic heterocycles. The van der Waals surface area contributed by atoms with Gasteiger partial charge in [0.2, 0.25) is 0 Å². The monoisotopic (exact) mass is 260 g/mol. The van der Waals surface area contributed by atoms with Crippen molar-refractivity contribution in [2.45, 2.75) is 46.7 Å². The van der Waals surface area contributed by atoms with Crippen LogP contribution in [-0.4, -0.2) is 30.6 Å². The van der Waals surface area contributed by atoms with Crippen LogP contribution in [0, 0.1) is 19.8 Å². The van der Waals surface area contributed by atoms with Crippen molar-refractivity contribution >= 4 is 0 Å². The lowest BCUT2D eigenvalue weighted by Gasteiger charge is -2.27. The van der Waals surface area contributed by atoms with E-state index < -0.39 is 0 Å². The average Bonchev–Trinajstić information content (AvgIpc) is 2.53. The average molecular weight is 260 g/mol. The highest BCUT2D eigenvalue weighted by Gasteiger charge is 2.20. The van der Waals surface area contributed by atoms with E-state index >= 15 is 0 Å². The number of rotatable bonds is 3. The second kappa shape index (κ2) is 6.53. The summed E-state index contributed by atoms with van der Waals surface area (Å²) in [6.07, 6.45) is 1.26. The topological polar surface area (TPSA) is 15.3 Å². The summed E-state index contributed by atoms with van der Waals surface area (Å²) in [5.74, 6) is 0.708. The number of nitrogens with zero attached hydrogens (tertiary/aromatic N) is 1. The van der Waals surface area contributed by atoms with Gasteiger partial charge in [-0.1, -0.05) is 43.2 Å². The lowest BCUT2D eigenvalue weighted by atomic mass is 10.0. The molecule has 1 aromatic rings. The molecule has 1 saturated heterocycles. The Kier molecular flexibility index (Phi) is 5.00. The summed E-state index contributed by atoms with van der Waals surface area (Å²) >= 11 is 0. The molecule has 0 spiro atoms. The summed E-state index contributed by atoms with van der Waals surface area (Å²) < 4.78 is 0. The molecule has 1 atom stereocenters. The first-order valence-corrected chi connectivity index (χ1v) is 7.57. The Morgan fingerprint density at radius 1 is 1.21 bits per heavy atom. The third-order valence-corrected chi connectivity index (χ3v) is 4.00. The molecule has 2 heteroatoms. The molecule has 0 radical (unpaired) electrons. The van der Waals surface area contributed by atoms with Crippen molar-refractivity contribution in [3.05, 3.63) is 34.9 Å². The van der Waals surface area contributed by atoms with Gasteiger partial charge in [0.1, 0.15) is 0 Å². The van der Waals surface area contributed by atoms with Crippen molar-refractivity contribution in [3.8, 4) is 0 Å². The molecule has 0 amide bonds. The number of nitrogens with one attached hydrogen (secondary N) is 1. The van der Waals surface area contributed by atoms with Crippen LogP contribution in [0.2, 0.25) is 0 Å². The van der Waals surface area contributed by atoms with Gasteiger partial charge in [-0.2, -0.15) is 0 Å². The smallest absolute Gasteiger partial charge is 0.0234 e. The van der Waals surface area contributed by atoms with Crippen LogP contribution in [0.4, 0.5) is 0 Å². The fourth-order valence-electron chi connectivity index (χ4n) is 3.03. The van der Waals surface area contributed by atoms with Gasteiger partial charge >= 0.3 is 0 Å². The normalized spacial score (nSPS) is 21.6. The first-order chi connectivity index (χ1) is 9.04. The Balaban J connectivity index is 2.04. The molecule has 1 aromatic carbocycles. The molecule has 0 bridgehead atoms. The lowest BCUT2D eigenvalue weighted by Crippen LogP contribution is -2.41. The van der Waals surface area contributed by atoms with Gasteiger partial charge < -0.3 is 5.32 Å². The van der Waals surface area contributed by atoms with Crippen LogP contribution < -0.4 is 5.32 Å². The Labute approximate surface area is 118 Å². The molecule has 1 N–H and O–H groups in total. The van der Waals surface area contributed by atoms with Gasteiger partial charge in [-0.25, -0.2) is 0 Å². The molecule has 2 nitrogen and oxygen atoms in total. The summed E-state index contributed by atoms with van der Waals surface area (Å²) in [7, 11) is 0. The predicted molar refractivity (Wildman–Crippen MR) is 82.4 cm³/mol. The van der Waals surface area contributed by atoms with E-state index in [0.717, 1.165) is 13.1 Å². The van der Waals surface area contributed by atoms with E-state index in [0.29, 0.717) is 12.0 Å². The lowest BCUT2D eigenvalue weighted by molar-refractivity contribution is 0.238. The highest BCUT2D eigenvalue weighted by atomic mass is 15.2. The zero-order valence-electron chi connectivity index (χ0n) is 12.9. The maximum atomic E-state index is 3.68. The van der Waals surface area contributed by atoms with E-state index in [1.165, 1.54) is 36.2 Å². The Morgan fingerprint density at radius 2 is 1.89 bits per heavy atom. The van der Waals surface area contributed by atoms with Crippen LogP contribution in [0.15, 0.2) is 18.2 Å². The van der Waals surface area contributed by atoms with Crippen LogP contribution in [0.1, 0.15) is 37.0 Å². The van der Waals surface area contributed by atoms with Crippen LogP contribution in [0.25, 0.3) is 0 Å². The molecule has 0 aliphatic carbocycles. The van der Waals surface area contributed by atoms with E-state index in [9.17, 15) is 0 Å². The molecular formula is C17H28N2. The minimum atomic E-state index is 0.633. The molecular weight excluding hydrogens is 232 g/mol. The fourth-order valence-corrected chi connectivity index (χ4v) is 3.03. The minimum absolute atomic E-state index is 0.633. The number of hydrogen-bond donors (Lipinski definition) is 1. The molecule has 1 fully saturated rings. The van der Waals surface area contributed by atoms with E-state index in [1.807, 2.05) is 0 Å². The molecule has 19 heavy (non-hydrogen) atoms. The second-order valence-electron chi connectivity index (χ2n) is 6.39. The molecule has 1 unspecified atom stereocenters. The first-order valence-electron chi connectivity index (χ1n) is 7.57. The largest absolute Gasteiger partial charge is 0.312 e. The summed E-state index contributed by atoms with van der Waals surface area (Å²) in [5.41, 5.74) is 4.22. The predicted octanol–water partition coefficient (Wildman–Crippen LogP) is 3.12. The molecule has 0 saturated carbocycles. The highest BCUT2D eigenvalue weighted by molar-refractivity contribution is 5.28. The third kappa shape index (κ3) is 4.32. The van der Waals surface area contributed by atoms with E-state index in [4.69, 9.17) is 0 Å². The van der Waals surface area contributed by atoms with Gasteiger partial charge in [0.25, 0.3) is 0 Å². The van der Waals surface area contributed by atoms with Gasteiger partial charge in [0.05, 0.1) is 0 Å². The zero-order chi connectivity index (χ0) is 13.8. The van der Waals surface area contributed by atoms with Gasteiger partial charge in [0, 0.05) is 19.1 Å². The van der Waals surface area contributed by atoms with Crippen LogP contribution in [0.3, 0.4) is 0 Å². The van der Waals surface area contributed by atoms with Gasteiger partial charge in [-0.05, 0) is 44.8 Å². The van der Waals surface area contributed by atoms with Gasteiger partial charge in [-0.15, -0.1) is 0 Å². The van der Waals surface area contributed by atoms with Crippen molar-refractivity contribution in [2.75, 3.05) is 19.6 Å². The SMILES string of the molecule is Cc1cc(C)cc(CN2CCCNC(C(C)C)C2)c1. The quantitative estimate of drug-likeness (QED) is 0.898. The summed E-state index contributed by atoms with van der Waals surface area (Å²) in [6, 6.07) is 7.55. The molecule has 1 aliphatic rings. The summed E-state index contributed by atoms with van der Waals surface area (Å²) in [4.78, 5) is 2.61. The Morgan fingerprint density at radius 3 is 2.53 bits per heavy atom. The summed E-state index contributed by atoms with van der Waals surface area (Å²) in [5, 5.41) is 3.68. The first kappa shape index (κ1) is 14.5. The Hall–Kier alpha value is -0.860. The Bertz CT molecular complexity index is 391. The second-order valence-corrected chi connectivity index (χ2v) is 6.39. The van der Waals surface area contributed by atoms with Crippen LogP contribution >= 0.6 is 0 Å². The zero-order valence-corrected chi connectivity index (χ0v) is 12.9. The molecule has 1 heterocycles. The standard InChI is InChI=1S/C17H28N2/c1-13(2)17-12-19(7-5-6-18-17)11-16-9-14(3)8-15(4)10-16/h8-10,13,17-18H,5-7,11-12H2,1-4H3. The number of aryl methyl sites for hydroxylation is 2. The molecule has 0 aromatic heterocycles. The van der Waals surface area contributed by atoms with E-state index in [2.05, 4.69) is 56.1 Å². The van der Waals surface area contributed by atoms with E-state index in [1.54, 1.807) is 0 Å². The van der Waals surface area contributed by atoms with Crippen LogP contribution in [0.5, 0.6) is 0 Å². The van der Waals surface area contributed by atoms with Crippen molar-refractivity contribution in [1.29, 1.82) is 0 Å². The van der Waals surface area contributed by atoms with Crippen LogP contribution in [-0.2, 0) is 6.54 Å². The van der Waals surface area contributed by atoms with Crippen molar-refractivity contribution in [1.82, 2.24) is 10.2 Å². The maximum absolute atomic E-state index is 3.68. The van der Waals surface area contributed by atoms with Crippen molar-refractivity contribution in [2.24, 2.45) is 5.92 Å². The third-order valence-electron chi connectivity index (χ3n) is 4.00. The number of benzene rings is 1. The van der Waals surface area contributed by atoms with Crippen molar-refractivity contribution < 1.29 is 0 Å². The van der Waals surface area contributed by atoms with E-state index in [-0.39, 0.29) is 0 Å². The highest BCUT2D eigenvalue weighted by Crippen LogP contribution is 2.15.